The summed E-state index contributed by atoms with van der Waals surface area (Å²) in [6.45, 7) is 3.88. The molecule has 2 aliphatic rings. The fourth-order valence-corrected chi connectivity index (χ4v) is 4.43. The van der Waals surface area contributed by atoms with Crippen LogP contribution in [0, 0.1) is 0 Å². The highest BCUT2D eigenvalue weighted by molar-refractivity contribution is 6.30. The Labute approximate surface area is 170 Å². The van der Waals surface area contributed by atoms with Crippen LogP contribution in [0.4, 0.5) is 0 Å². The summed E-state index contributed by atoms with van der Waals surface area (Å²) in [5.74, 6) is 0. The van der Waals surface area contributed by atoms with Crippen molar-refractivity contribution in [3.8, 4) is 11.1 Å². The number of rotatable bonds is 3. The van der Waals surface area contributed by atoms with Crippen LogP contribution in [-0.4, -0.2) is 42.3 Å². The maximum Gasteiger partial charge on any atom is 0.0615 e. The van der Waals surface area contributed by atoms with Gasteiger partial charge < -0.3 is 0 Å². The molecular formula is C24H22ClN3. The standard InChI is InChI=1S/C24H22ClN3/c25-19-11-9-18(10-12-19)17-26-28-15-13-27(14-16-28)24-22-7-3-1-5-20(22)21-6-2-4-8-23(21)24/h1-12,17,24H,13-16H2/b26-17-. The van der Waals surface area contributed by atoms with Gasteiger partial charge in [-0.25, -0.2) is 0 Å². The normalized spacial score (nSPS) is 17.1. The molecule has 140 valence electrons. The van der Waals surface area contributed by atoms with Gasteiger partial charge in [-0.1, -0.05) is 72.3 Å². The number of hydrazone groups is 1. The quantitative estimate of drug-likeness (QED) is 0.585. The van der Waals surface area contributed by atoms with Gasteiger partial charge in [-0.3, -0.25) is 9.91 Å². The van der Waals surface area contributed by atoms with Gasteiger partial charge in [-0.15, -0.1) is 0 Å². The number of piperazine rings is 1. The van der Waals surface area contributed by atoms with Gasteiger partial charge in [0.2, 0.25) is 0 Å². The Bertz CT molecular complexity index is 959. The Morgan fingerprint density at radius 3 is 1.93 bits per heavy atom. The zero-order chi connectivity index (χ0) is 18.9. The monoisotopic (exact) mass is 387 g/mol. The number of fused-ring (bicyclic) bond motifs is 3. The van der Waals surface area contributed by atoms with E-state index in [1.807, 2.05) is 30.5 Å². The van der Waals surface area contributed by atoms with Gasteiger partial charge >= 0.3 is 0 Å². The van der Waals surface area contributed by atoms with Crippen LogP contribution in [-0.2, 0) is 0 Å². The van der Waals surface area contributed by atoms with Crippen LogP contribution in [0.5, 0.6) is 0 Å². The molecule has 0 aromatic heterocycles. The van der Waals surface area contributed by atoms with Gasteiger partial charge in [0.15, 0.2) is 0 Å². The first kappa shape index (κ1) is 17.5. The minimum absolute atomic E-state index is 0.356. The first-order chi connectivity index (χ1) is 13.8. The average Bonchev–Trinajstić information content (AvgIpc) is 3.08. The molecule has 0 amide bonds. The first-order valence-corrected chi connectivity index (χ1v) is 10.1. The summed E-state index contributed by atoms with van der Waals surface area (Å²) in [7, 11) is 0. The van der Waals surface area contributed by atoms with E-state index >= 15 is 0 Å². The molecule has 1 aliphatic carbocycles. The lowest BCUT2D eigenvalue weighted by Gasteiger charge is -2.37. The van der Waals surface area contributed by atoms with Crippen LogP contribution in [0.15, 0.2) is 77.9 Å². The van der Waals surface area contributed by atoms with Gasteiger partial charge in [0.25, 0.3) is 0 Å². The average molecular weight is 388 g/mol. The molecule has 0 atom stereocenters. The highest BCUT2D eigenvalue weighted by Gasteiger charge is 2.33. The second-order valence-corrected chi connectivity index (χ2v) is 7.80. The Kier molecular flexibility index (Phi) is 4.63. The summed E-state index contributed by atoms with van der Waals surface area (Å²) in [5.41, 5.74) is 6.70. The highest BCUT2D eigenvalue weighted by Crippen LogP contribution is 2.46. The Morgan fingerprint density at radius 1 is 0.750 bits per heavy atom. The predicted molar refractivity (Wildman–Crippen MR) is 116 cm³/mol. The van der Waals surface area contributed by atoms with E-state index in [1.165, 1.54) is 22.3 Å². The minimum atomic E-state index is 0.356. The third-order valence-corrected chi connectivity index (χ3v) is 5.95. The van der Waals surface area contributed by atoms with E-state index in [0.717, 1.165) is 36.8 Å². The lowest BCUT2D eigenvalue weighted by molar-refractivity contribution is 0.114. The molecule has 3 aromatic rings. The molecule has 4 heteroatoms. The van der Waals surface area contributed by atoms with Gasteiger partial charge in [0.05, 0.1) is 12.3 Å². The SMILES string of the molecule is Clc1ccc(/C=N\N2CCN(C3c4ccccc4-c4ccccc43)CC2)cc1. The lowest BCUT2D eigenvalue weighted by atomic mass is 10.0. The van der Waals surface area contributed by atoms with Crippen molar-refractivity contribution in [2.75, 3.05) is 26.2 Å². The van der Waals surface area contributed by atoms with Crippen LogP contribution in [0.25, 0.3) is 11.1 Å². The van der Waals surface area contributed by atoms with Crippen molar-refractivity contribution in [1.82, 2.24) is 9.91 Å². The van der Waals surface area contributed by atoms with E-state index < -0.39 is 0 Å². The minimum Gasteiger partial charge on any atom is -0.294 e. The molecule has 1 aliphatic heterocycles. The Hall–Kier alpha value is -2.62. The van der Waals surface area contributed by atoms with Gasteiger partial charge in [-0.05, 0) is 39.9 Å². The number of nitrogens with zero attached hydrogens (tertiary/aromatic N) is 3. The molecule has 3 aromatic carbocycles. The zero-order valence-corrected chi connectivity index (χ0v) is 16.4. The van der Waals surface area contributed by atoms with E-state index in [2.05, 4.69) is 63.5 Å². The molecule has 0 radical (unpaired) electrons. The third kappa shape index (κ3) is 3.21. The van der Waals surface area contributed by atoms with Crippen LogP contribution >= 0.6 is 11.6 Å². The largest absolute Gasteiger partial charge is 0.294 e. The third-order valence-electron chi connectivity index (χ3n) is 5.70. The van der Waals surface area contributed by atoms with Crippen LogP contribution in [0.1, 0.15) is 22.7 Å². The van der Waals surface area contributed by atoms with Crippen molar-refractivity contribution in [3.63, 3.8) is 0 Å². The second kappa shape index (κ2) is 7.42. The van der Waals surface area contributed by atoms with E-state index in [1.54, 1.807) is 0 Å². The van der Waals surface area contributed by atoms with E-state index in [9.17, 15) is 0 Å². The molecule has 0 N–H and O–H groups in total. The lowest BCUT2D eigenvalue weighted by Crippen LogP contribution is -2.45. The first-order valence-electron chi connectivity index (χ1n) is 9.76. The van der Waals surface area contributed by atoms with E-state index in [0.29, 0.717) is 6.04 Å². The molecule has 28 heavy (non-hydrogen) atoms. The van der Waals surface area contributed by atoms with Crippen molar-refractivity contribution >= 4 is 17.8 Å². The summed E-state index contributed by atoms with van der Waals surface area (Å²) in [6, 6.07) is 25.8. The molecule has 0 unspecified atom stereocenters. The molecular weight excluding hydrogens is 366 g/mol. The molecule has 1 heterocycles. The summed E-state index contributed by atoms with van der Waals surface area (Å²) >= 11 is 5.95. The van der Waals surface area contributed by atoms with Crippen molar-refractivity contribution in [1.29, 1.82) is 0 Å². The molecule has 0 spiro atoms. The summed E-state index contributed by atoms with van der Waals surface area (Å²) in [5, 5.41) is 7.59. The van der Waals surface area contributed by atoms with Crippen molar-refractivity contribution in [2.24, 2.45) is 5.10 Å². The van der Waals surface area contributed by atoms with Crippen LogP contribution in [0.3, 0.4) is 0 Å². The summed E-state index contributed by atoms with van der Waals surface area (Å²) in [6.07, 6.45) is 1.92. The maximum absolute atomic E-state index is 5.95. The predicted octanol–water partition coefficient (Wildman–Crippen LogP) is 5.06. The van der Waals surface area contributed by atoms with E-state index in [4.69, 9.17) is 11.6 Å². The second-order valence-electron chi connectivity index (χ2n) is 7.36. The molecule has 1 saturated heterocycles. The van der Waals surface area contributed by atoms with Crippen LogP contribution in [0.2, 0.25) is 5.02 Å². The molecule has 5 rings (SSSR count). The van der Waals surface area contributed by atoms with Crippen molar-refractivity contribution in [2.45, 2.75) is 6.04 Å². The fourth-order valence-electron chi connectivity index (χ4n) is 4.30. The van der Waals surface area contributed by atoms with E-state index in [-0.39, 0.29) is 0 Å². The molecule has 3 nitrogen and oxygen atoms in total. The smallest absolute Gasteiger partial charge is 0.0615 e. The molecule has 0 saturated carbocycles. The number of benzene rings is 3. The number of halogens is 1. The Balaban J connectivity index is 1.31. The van der Waals surface area contributed by atoms with Crippen molar-refractivity contribution < 1.29 is 0 Å². The number of hydrogen-bond acceptors (Lipinski definition) is 3. The molecule has 0 bridgehead atoms. The maximum atomic E-state index is 5.95. The van der Waals surface area contributed by atoms with Crippen LogP contribution < -0.4 is 0 Å². The van der Waals surface area contributed by atoms with Gasteiger partial charge in [-0.2, -0.15) is 5.10 Å². The summed E-state index contributed by atoms with van der Waals surface area (Å²) in [4.78, 5) is 2.60. The number of hydrogen-bond donors (Lipinski definition) is 0. The highest BCUT2D eigenvalue weighted by atomic mass is 35.5. The zero-order valence-electron chi connectivity index (χ0n) is 15.6. The summed E-state index contributed by atoms with van der Waals surface area (Å²) < 4.78 is 0. The van der Waals surface area contributed by atoms with Gasteiger partial charge in [0, 0.05) is 31.2 Å². The van der Waals surface area contributed by atoms with Crippen molar-refractivity contribution in [3.05, 3.63) is 94.5 Å². The topological polar surface area (TPSA) is 18.8 Å². The molecule has 1 fully saturated rings. The van der Waals surface area contributed by atoms with Gasteiger partial charge in [0.1, 0.15) is 0 Å². The Morgan fingerprint density at radius 2 is 1.32 bits per heavy atom. The fraction of sp³-hybridized carbons (Fsp3) is 0.208.